The second-order valence-electron chi connectivity index (χ2n) is 3.46. The van der Waals surface area contributed by atoms with Crippen molar-refractivity contribution in [2.45, 2.75) is 11.1 Å². The minimum Gasteiger partial charge on any atom is -0.478 e. The molecule has 1 N–H and O–H groups in total. The van der Waals surface area contributed by atoms with E-state index in [9.17, 15) is 22.4 Å². The van der Waals surface area contributed by atoms with Crippen LogP contribution in [0.1, 0.15) is 10.4 Å². The highest BCUT2D eigenvalue weighted by atomic mass is 32.2. The molecule has 0 amide bonds. The van der Waals surface area contributed by atoms with Crippen molar-refractivity contribution >= 4 is 17.7 Å². The lowest BCUT2D eigenvalue weighted by molar-refractivity contribution is -0.172. The fourth-order valence-corrected chi connectivity index (χ4v) is 1.97. The summed E-state index contributed by atoms with van der Waals surface area (Å²) in [5, 5.41) is 8.69. The summed E-state index contributed by atoms with van der Waals surface area (Å²) in [7, 11) is 0. The average Bonchev–Trinajstić information content (AvgIpc) is 2.29. The molecule has 0 radical (unpaired) electrons. The Labute approximate surface area is 110 Å². The summed E-state index contributed by atoms with van der Waals surface area (Å²) in [6.45, 7) is -1.46. The van der Waals surface area contributed by atoms with Gasteiger partial charge < -0.3 is 9.84 Å². The van der Waals surface area contributed by atoms with Gasteiger partial charge in [0.05, 0.1) is 12.2 Å². The smallest absolute Gasteiger partial charge is 0.411 e. The Kier molecular flexibility index (Phi) is 5.61. The highest BCUT2D eigenvalue weighted by Crippen LogP contribution is 2.21. The number of rotatable bonds is 6. The van der Waals surface area contributed by atoms with Crippen LogP contribution < -0.4 is 0 Å². The maximum atomic E-state index is 13.1. The van der Waals surface area contributed by atoms with Crippen LogP contribution in [0.5, 0.6) is 0 Å². The van der Waals surface area contributed by atoms with Crippen LogP contribution in [0, 0.1) is 5.82 Å². The van der Waals surface area contributed by atoms with Gasteiger partial charge in [-0.1, -0.05) is 0 Å². The zero-order chi connectivity index (χ0) is 14.5. The number of carbonyl (C=O) groups is 1. The normalized spacial score (nSPS) is 11.6. The fraction of sp³-hybridized carbons (Fsp3) is 0.364. The Morgan fingerprint density at radius 2 is 2.05 bits per heavy atom. The molecule has 19 heavy (non-hydrogen) atoms. The van der Waals surface area contributed by atoms with Crippen LogP contribution in [0.2, 0.25) is 0 Å². The van der Waals surface area contributed by atoms with Crippen molar-refractivity contribution in [3.8, 4) is 0 Å². The number of carboxylic acid groups (broad SMARTS) is 1. The first kappa shape index (κ1) is 15.8. The third-order valence-electron chi connectivity index (χ3n) is 1.93. The van der Waals surface area contributed by atoms with E-state index in [1.807, 2.05) is 0 Å². The zero-order valence-corrected chi connectivity index (χ0v) is 10.4. The maximum absolute atomic E-state index is 13.1. The molecule has 3 nitrogen and oxygen atoms in total. The van der Waals surface area contributed by atoms with Crippen LogP contribution in [0.3, 0.4) is 0 Å². The number of halogens is 4. The lowest BCUT2D eigenvalue weighted by Crippen LogP contribution is -2.17. The number of hydrogen-bond donors (Lipinski definition) is 1. The van der Waals surface area contributed by atoms with Gasteiger partial charge in [0.2, 0.25) is 0 Å². The van der Waals surface area contributed by atoms with Gasteiger partial charge in [0.1, 0.15) is 12.4 Å². The van der Waals surface area contributed by atoms with Crippen LogP contribution in [0.15, 0.2) is 23.1 Å². The number of ether oxygens (including phenoxy) is 1. The van der Waals surface area contributed by atoms with E-state index in [1.165, 1.54) is 6.07 Å². The fourth-order valence-electron chi connectivity index (χ4n) is 1.16. The van der Waals surface area contributed by atoms with Crippen molar-refractivity contribution in [1.82, 2.24) is 0 Å². The van der Waals surface area contributed by atoms with E-state index in [4.69, 9.17) is 5.11 Å². The molecular formula is C11H10F4O3S. The first-order valence-corrected chi connectivity index (χ1v) is 6.08. The minimum absolute atomic E-state index is 0.135. The van der Waals surface area contributed by atoms with Crippen molar-refractivity contribution in [2.75, 3.05) is 19.0 Å². The van der Waals surface area contributed by atoms with Crippen LogP contribution in [-0.4, -0.2) is 36.2 Å². The largest absolute Gasteiger partial charge is 0.478 e. The van der Waals surface area contributed by atoms with E-state index in [-0.39, 0.29) is 12.4 Å². The molecule has 1 aromatic carbocycles. The summed E-state index contributed by atoms with van der Waals surface area (Å²) >= 11 is 1.09. The molecule has 0 aliphatic carbocycles. The van der Waals surface area contributed by atoms with Crippen LogP contribution >= 0.6 is 11.8 Å². The highest BCUT2D eigenvalue weighted by Gasteiger charge is 2.27. The second kappa shape index (κ2) is 6.76. The van der Waals surface area contributed by atoms with E-state index in [2.05, 4.69) is 4.74 Å². The minimum atomic E-state index is -4.36. The van der Waals surface area contributed by atoms with Gasteiger partial charge in [-0.3, -0.25) is 0 Å². The molecule has 0 aliphatic rings. The highest BCUT2D eigenvalue weighted by molar-refractivity contribution is 7.99. The first-order chi connectivity index (χ1) is 8.79. The monoisotopic (exact) mass is 298 g/mol. The van der Waals surface area contributed by atoms with Crippen molar-refractivity contribution in [1.29, 1.82) is 0 Å². The summed E-state index contributed by atoms with van der Waals surface area (Å²) in [5.41, 5.74) is -0.471. The van der Waals surface area contributed by atoms with Gasteiger partial charge >= 0.3 is 12.1 Å². The topological polar surface area (TPSA) is 46.5 Å². The molecule has 0 aliphatic heterocycles. The van der Waals surface area contributed by atoms with Gasteiger partial charge in [-0.05, 0) is 18.2 Å². The van der Waals surface area contributed by atoms with Crippen molar-refractivity contribution in [3.63, 3.8) is 0 Å². The molecule has 0 unspecified atom stereocenters. The predicted octanol–water partition coefficient (Wildman–Crippen LogP) is 3.19. The van der Waals surface area contributed by atoms with Gasteiger partial charge in [-0.2, -0.15) is 13.2 Å². The molecule has 106 valence electrons. The molecule has 0 bridgehead atoms. The SMILES string of the molecule is O=C(O)c1cc(SCCOCC(F)(F)F)ccc1F. The van der Waals surface area contributed by atoms with Crippen LogP contribution in [-0.2, 0) is 4.74 Å². The molecule has 0 saturated carbocycles. The summed E-state index contributed by atoms with van der Waals surface area (Å²) in [6, 6.07) is 3.49. The van der Waals surface area contributed by atoms with Gasteiger partial charge in [0, 0.05) is 10.6 Å². The van der Waals surface area contributed by atoms with Gasteiger partial charge in [0.15, 0.2) is 0 Å². The van der Waals surface area contributed by atoms with E-state index in [0.29, 0.717) is 4.90 Å². The number of aromatic carboxylic acids is 1. The second-order valence-corrected chi connectivity index (χ2v) is 4.63. The molecule has 1 aromatic rings. The Hall–Kier alpha value is -1.28. The van der Waals surface area contributed by atoms with Gasteiger partial charge in [-0.15, -0.1) is 11.8 Å². The lowest BCUT2D eigenvalue weighted by Gasteiger charge is -2.07. The number of benzene rings is 1. The third kappa shape index (κ3) is 5.93. The number of carboxylic acids is 1. The molecule has 0 spiro atoms. The molecule has 0 fully saturated rings. The summed E-state index contributed by atoms with van der Waals surface area (Å²) < 4.78 is 52.7. The van der Waals surface area contributed by atoms with Crippen molar-refractivity contribution in [3.05, 3.63) is 29.6 Å². The summed E-state index contributed by atoms with van der Waals surface area (Å²) in [5.74, 6) is -2.04. The number of alkyl halides is 3. The van der Waals surface area contributed by atoms with E-state index < -0.39 is 30.1 Å². The molecular weight excluding hydrogens is 288 g/mol. The lowest BCUT2D eigenvalue weighted by atomic mass is 10.2. The molecule has 0 saturated heterocycles. The summed E-state index contributed by atoms with van der Waals surface area (Å²) in [6.07, 6.45) is -4.36. The Morgan fingerprint density at radius 1 is 1.37 bits per heavy atom. The molecule has 1 rings (SSSR count). The number of thioether (sulfide) groups is 1. The van der Waals surface area contributed by atoms with Crippen molar-refractivity contribution in [2.24, 2.45) is 0 Å². The summed E-state index contributed by atoms with van der Waals surface area (Å²) in [4.78, 5) is 11.1. The standard InChI is InChI=1S/C11H10F4O3S/c12-9-2-1-7(5-8(9)10(16)17)19-4-3-18-6-11(13,14)15/h1-2,5H,3-4,6H2,(H,16,17). The molecule has 0 atom stereocenters. The van der Waals surface area contributed by atoms with Crippen LogP contribution in [0.25, 0.3) is 0 Å². The third-order valence-corrected chi connectivity index (χ3v) is 2.89. The van der Waals surface area contributed by atoms with Crippen molar-refractivity contribution < 1.29 is 32.2 Å². The van der Waals surface area contributed by atoms with E-state index in [1.54, 1.807) is 0 Å². The van der Waals surface area contributed by atoms with Gasteiger partial charge in [-0.25, -0.2) is 9.18 Å². The van der Waals surface area contributed by atoms with E-state index >= 15 is 0 Å². The maximum Gasteiger partial charge on any atom is 0.411 e. The Morgan fingerprint density at radius 3 is 2.63 bits per heavy atom. The quantitative estimate of drug-likeness (QED) is 0.498. The van der Waals surface area contributed by atoms with Crippen LogP contribution in [0.4, 0.5) is 17.6 Å². The Bertz CT molecular complexity index is 448. The van der Waals surface area contributed by atoms with E-state index in [0.717, 1.165) is 23.9 Å². The zero-order valence-electron chi connectivity index (χ0n) is 9.54. The average molecular weight is 298 g/mol. The molecule has 0 heterocycles. The molecule has 8 heteroatoms. The number of hydrogen-bond acceptors (Lipinski definition) is 3. The molecule has 0 aromatic heterocycles. The first-order valence-electron chi connectivity index (χ1n) is 5.10. The Balaban J connectivity index is 2.42. The predicted molar refractivity (Wildman–Crippen MR) is 61.0 cm³/mol. The van der Waals surface area contributed by atoms with Gasteiger partial charge in [0.25, 0.3) is 0 Å².